The molecular formula is C26H31BrN2. The summed E-state index contributed by atoms with van der Waals surface area (Å²) in [6.45, 7) is 10.1. The highest BCUT2D eigenvalue weighted by Crippen LogP contribution is 2.23. The molecule has 0 amide bonds. The smallest absolute Gasteiger partial charge is 0.0240 e. The maximum Gasteiger partial charge on any atom is 0.0240 e. The Morgan fingerprint density at radius 1 is 0.655 bits per heavy atom. The fraction of sp³-hybridized carbons (Fsp3) is 0.308. The molecule has 2 nitrogen and oxygen atoms in total. The summed E-state index contributed by atoms with van der Waals surface area (Å²) in [5, 5.41) is 0. The lowest BCUT2D eigenvalue weighted by atomic mass is 9.87. The van der Waals surface area contributed by atoms with E-state index >= 15 is 0 Å². The lowest BCUT2D eigenvalue weighted by Gasteiger charge is -2.24. The predicted octanol–water partition coefficient (Wildman–Crippen LogP) is 6.41. The molecule has 0 fully saturated rings. The minimum atomic E-state index is 0.181. The Labute approximate surface area is 183 Å². The highest BCUT2D eigenvalue weighted by atomic mass is 79.9. The molecule has 0 radical (unpaired) electrons. The normalized spacial score (nSPS) is 11.8. The molecule has 0 atom stereocenters. The number of nitrogens with zero attached hydrogens (tertiary/aromatic N) is 1. The molecule has 3 rings (SSSR count). The first-order chi connectivity index (χ1) is 13.8. The van der Waals surface area contributed by atoms with Gasteiger partial charge in [-0.15, -0.1) is 0 Å². The Balaban J connectivity index is 1.78. The van der Waals surface area contributed by atoms with Gasteiger partial charge in [-0.25, -0.2) is 0 Å². The molecule has 3 aromatic rings. The predicted molar refractivity (Wildman–Crippen MR) is 127 cm³/mol. The minimum Gasteiger partial charge on any atom is -0.326 e. The zero-order valence-electron chi connectivity index (χ0n) is 17.7. The molecule has 0 aromatic heterocycles. The molecule has 0 aliphatic heterocycles. The molecule has 2 N–H and O–H groups in total. The van der Waals surface area contributed by atoms with E-state index in [1.54, 1.807) is 0 Å². The van der Waals surface area contributed by atoms with Gasteiger partial charge in [-0.05, 0) is 45.4 Å². The Morgan fingerprint density at radius 3 is 1.45 bits per heavy atom. The van der Waals surface area contributed by atoms with Crippen molar-refractivity contribution < 1.29 is 0 Å². The Hall–Kier alpha value is -1.94. The molecule has 0 saturated carbocycles. The van der Waals surface area contributed by atoms with Gasteiger partial charge in [-0.2, -0.15) is 0 Å². The highest BCUT2D eigenvalue weighted by Gasteiger charge is 2.14. The first-order valence-electron chi connectivity index (χ1n) is 10.2. The fourth-order valence-corrected chi connectivity index (χ4v) is 3.69. The second-order valence-electron chi connectivity index (χ2n) is 8.74. The highest BCUT2D eigenvalue weighted by molar-refractivity contribution is 9.10. The molecular weight excluding hydrogens is 420 g/mol. The minimum absolute atomic E-state index is 0.181. The van der Waals surface area contributed by atoms with Gasteiger partial charge in [-0.1, -0.05) is 97.4 Å². The van der Waals surface area contributed by atoms with Gasteiger partial charge in [0.1, 0.15) is 0 Å². The molecule has 0 heterocycles. The van der Waals surface area contributed by atoms with Crippen LogP contribution in [0.4, 0.5) is 0 Å². The molecule has 0 spiro atoms. The van der Waals surface area contributed by atoms with Crippen LogP contribution in [0.5, 0.6) is 0 Å². The van der Waals surface area contributed by atoms with E-state index in [0.29, 0.717) is 6.54 Å². The van der Waals surface area contributed by atoms with Crippen molar-refractivity contribution in [1.29, 1.82) is 0 Å². The van der Waals surface area contributed by atoms with Crippen LogP contribution in [0.2, 0.25) is 0 Å². The lowest BCUT2D eigenvalue weighted by Crippen LogP contribution is -2.22. The van der Waals surface area contributed by atoms with Crippen LogP contribution in [0.1, 0.15) is 48.6 Å². The van der Waals surface area contributed by atoms with Crippen LogP contribution in [-0.2, 0) is 31.6 Å². The van der Waals surface area contributed by atoms with E-state index in [1.807, 2.05) is 0 Å². The SMILES string of the molecule is CC(C)(C)c1ccc(CN(Cc2ccc(Br)cc2)Cc2ccc(CN)cc2)cc1. The standard InChI is InChI=1S/C26H31BrN2/c1-26(2,3)24-12-8-22(9-13-24)18-29(19-23-10-14-25(27)15-11-23)17-21-6-4-20(16-28)5-7-21/h4-15H,16-19,28H2,1-3H3. The van der Waals surface area contributed by atoms with Crippen LogP contribution in [0.15, 0.2) is 77.3 Å². The summed E-state index contributed by atoms with van der Waals surface area (Å²) in [6, 6.07) is 26.3. The van der Waals surface area contributed by atoms with Crippen molar-refractivity contribution in [1.82, 2.24) is 4.90 Å². The lowest BCUT2D eigenvalue weighted by molar-refractivity contribution is 0.247. The van der Waals surface area contributed by atoms with Gasteiger partial charge in [0, 0.05) is 30.7 Å². The second kappa shape index (κ2) is 9.71. The Morgan fingerprint density at radius 2 is 1.03 bits per heavy atom. The van der Waals surface area contributed by atoms with Crippen molar-refractivity contribution in [2.75, 3.05) is 0 Å². The van der Waals surface area contributed by atoms with E-state index in [1.165, 1.54) is 27.8 Å². The summed E-state index contributed by atoms with van der Waals surface area (Å²) in [6.07, 6.45) is 0. The topological polar surface area (TPSA) is 29.3 Å². The Kier molecular flexibility index (Phi) is 7.28. The summed E-state index contributed by atoms with van der Waals surface area (Å²) >= 11 is 3.53. The van der Waals surface area contributed by atoms with Crippen molar-refractivity contribution in [2.24, 2.45) is 5.73 Å². The molecule has 0 aliphatic rings. The molecule has 29 heavy (non-hydrogen) atoms. The first kappa shape index (κ1) is 21.8. The first-order valence-corrected chi connectivity index (χ1v) is 11.0. The van der Waals surface area contributed by atoms with E-state index in [-0.39, 0.29) is 5.41 Å². The van der Waals surface area contributed by atoms with E-state index in [4.69, 9.17) is 5.73 Å². The van der Waals surface area contributed by atoms with Gasteiger partial charge in [-0.3, -0.25) is 4.90 Å². The number of rotatable bonds is 7. The number of nitrogens with two attached hydrogens (primary N) is 1. The third kappa shape index (κ3) is 6.53. The number of halogens is 1. The summed E-state index contributed by atoms with van der Waals surface area (Å²) in [5.41, 5.74) is 12.4. The van der Waals surface area contributed by atoms with Crippen molar-refractivity contribution in [3.05, 3.63) is 105 Å². The second-order valence-corrected chi connectivity index (χ2v) is 9.65. The molecule has 3 aromatic carbocycles. The van der Waals surface area contributed by atoms with Gasteiger partial charge >= 0.3 is 0 Å². The summed E-state index contributed by atoms with van der Waals surface area (Å²) < 4.78 is 1.11. The van der Waals surface area contributed by atoms with Crippen LogP contribution in [0.25, 0.3) is 0 Å². The molecule has 0 bridgehead atoms. The fourth-order valence-electron chi connectivity index (χ4n) is 3.42. The average molecular weight is 451 g/mol. The molecule has 0 aliphatic carbocycles. The summed E-state index contributed by atoms with van der Waals surface area (Å²) in [7, 11) is 0. The monoisotopic (exact) mass is 450 g/mol. The van der Waals surface area contributed by atoms with E-state index in [9.17, 15) is 0 Å². The van der Waals surface area contributed by atoms with E-state index < -0.39 is 0 Å². The molecule has 3 heteroatoms. The van der Waals surface area contributed by atoms with Crippen LogP contribution in [-0.4, -0.2) is 4.90 Å². The van der Waals surface area contributed by atoms with Crippen molar-refractivity contribution in [2.45, 2.75) is 52.4 Å². The Bertz CT molecular complexity index is 891. The van der Waals surface area contributed by atoms with Gasteiger partial charge in [0.15, 0.2) is 0 Å². The van der Waals surface area contributed by atoms with Crippen LogP contribution in [0.3, 0.4) is 0 Å². The third-order valence-corrected chi connectivity index (χ3v) is 5.74. The van der Waals surface area contributed by atoms with Gasteiger partial charge < -0.3 is 5.73 Å². The van der Waals surface area contributed by atoms with E-state index in [2.05, 4.69) is 114 Å². The quantitative estimate of drug-likeness (QED) is 0.450. The summed E-state index contributed by atoms with van der Waals surface area (Å²) in [4.78, 5) is 2.49. The summed E-state index contributed by atoms with van der Waals surface area (Å²) in [5.74, 6) is 0. The largest absolute Gasteiger partial charge is 0.326 e. The molecule has 0 saturated heterocycles. The average Bonchev–Trinajstić information content (AvgIpc) is 2.70. The van der Waals surface area contributed by atoms with Gasteiger partial charge in [0.25, 0.3) is 0 Å². The van der Waals surface area contributed by atoms with Crippen LogP contribution >= 0.6 is 15.9 Å². The van der Waals surface area contributed by atoms with Crippen molar-refractivity contribution in [3.63, 3.8) is 0 Å². The van der Waals surface area contributed by atoms with Crippen molar-refractivity contribution in [3.8, 4) is 0 Å². The molecule has 0 unspecified atom stereocenters. The zero-order valence-corrected chi connectivity index (χ0v) is 19.2. The van der Waals surface area contributed by atoms with Crippen LogP contribution in [0, 0.1) is 0 Å². The maximum absolute atomic E-state index is 5.75. The number of benzene rings is 3. The third-order valence-electron chi connectivity index (χ3n) is 5.21. The van der Waals surface area contributed by atoms with Gasteiger partial charge in [0.2, 0.25) is 0 Å². The van der Waals surface area contributed by atoms with Crippen LogP contribution < -0.4 is 5.73 Å². The zero-order chi connectivity index (χ0) is 20.9. The number of hydrogen-bond acceptors (Lipinski definition) is 2. The van der Waals surface area contributed by atoms with Crippen molar-refractivity contribution >= 4 is 15.9 Å². The van der Waals surface area contributed by atoms with Gasteiger partial charge in [0.05, 0.1) is 0 Å². The number of hydrogen-bond donors (Lipinski definition) is 1. The van der Waals surface area contributed by atoms with E-state index in [0.717, 1.165) is 24.1 Å². The maximum atomic E-state index is 5.75. The molecule has 152 valence electrons.